The Balaban J connectivity index is 0.00000220. The second-order valence-corrected chi connectivity index (χ2v) is 6.03. The highest BCUT2D eigenvalue weighted by molar-refractivity contribution is 14.0. The highest BCUT2D eigenvalue weighted by atomic mass is 127. The number of hydrogen-bond acceptors (Lipinski definition) is 1. The van der Waals surface area contributed by atoms with Crippen molar-refractivity contribution in [2.24, 2.45) is 10.7 Å². The van der Waals surface area contributed by atoms with E-state index < -0.39 is 0 Å². The zero-order valence-electron chi connectivity index (χ0n) is 12.4. The van der Waals surface area contributed by atoms with Gasteiger partial charge in [-0.3, -0.25) is 4.99 Å². The maximum absolute atomic E-state index is 6.33. The molecule has 5 heteroatoms. The molecule has 0 bridgehead atoms. The summed E-state index contributed by atoms with van der Waals surface area (Å²) in [6, 6.07) is 8.05. The van der Waals surface area contributed by atoms with E-state index in [-0.39, 0.29) is 29.4 Å². The van der Waals surface area contributed by atoms with Gasteiger partial charge in [0.15, 0.2) is 5.96 Å². The Labute approximate surface area is 149 Å². The van der Waals surface area contributed by atoms with Crippen molar-refractivity contribution in [3.05, 3.63) is 47.0 Å². The molecule has 0 aromatic heterocycles. The first-order chi connectivity index (χ1) is 9.53. The molecule has 1 aliphatic carbocycles. The van der Waals surface area contributed by atoms with Gasteiger partial charge in [-0.15, -0.1) is 24.0 Å². The van der Waals surface area contributed by atoms with E-state index in [0.29, 0.717) is 19.0 Å². The van der Waals surface area contributed by atoms with Crippen molar-refractivity contribution in [3.8, 4) is 0 Å². The van der Waals surface area contributed by atoms with Crippen LogP contribution in [0.5, 0.6) is 0 Å². The van der Waals surface area contributed by atoms with Gasteiger partial charge in [-0.25, -0.2) is 0 Å². The molecule has 1 fully saturated rings. The summed E-state index contributed by atoms with van der Waals surface area (Å²) in [5.74, 6) is 0.478. The van der Waals surface area contributed by atoms with Gasteiger partial charge in [0, 0.05) is 17.0 Å². The third-order valence-electron chi connectivity index (χ3n) is 3.88. The van der Waals surface area contributed by atoms with E-state index in [2.05, 4.69) is 23.0 Å². The van der Waals surface area contributed by atoms with Crippen LogP contribution in [0.15, 0.2) is 41.4 Å². The van der Waals surface area contributed by atoms with Gasteiger partial charge in [0.1, 0.15) is 0 Å². The largest absolute Gasteiger partial charge is 0.370 e. The fraction of sp³-hybridized carbons (Fsp3) is 0.438. The maximum Gasteiger partial charge on any atom is 0.188 e. The second-order valence-electron chi connectivity index (χ2n) is 5.63. The van der Waals surface area contributed by atoms with Crippen LogP contribution in [-0.2, 0) is 5.41 Å². The Morgan fingerprint density at radius 3 is 2.62 bits per heavy atom. The Bertz CT molecular complexity index is 524. The van der Waals surface area contributed by atoms with Crippen molar-refractivity contribution in [1.82, 2.24) is 5.32 Å². The number of hydrogen-bond donors (Lipinski definition) is 2. The maximum atomic E-state index is 6.33. The minimum Gasteiger partial charge on any atom is -0.370 e. The van der Waals surface area contributed by atoms with Crippen LogP contribution in [0.1, 0.15) is 31.7 Å². The molecule has 0 amide bonds. The van der Waals surface area contributed by atoms with Crippen molar-refractivity contribution in [2.75, 3.05) is 13.1 Å². The number of nitrogens with one attached hydrogen (secondary N) is 1. The third kappa shape index (κ3) is 4.61. The van der Waals surface area contributed by atoms with Crippen molar-refractivity contribution in [2.45, 2.75) is 31.6 Å². The lowest BCUT2D eigenvalue weighted by Gasteiger charge is -2.41. The first kappa shape index (κ1) is 18.3. The van der Waals surface area contributed by atoms with Gasteiger partial charge < -0.3 is 11.1 Å². The molecule has 2 rings (SSSR count). The minimum absolute atomic E-state index is 0. The number of benzene rings is 1. The van der Waals surface area contributed by atoms with Gasteiger partial charge in [0.05, 0.1) is 6.54 Å². The van der Waals surface area contributed by atoms with Crippen LogP contribution in [0.2, 0.25) is 5.02 Å². The van der Waals surface area contributed by atoms with E-state index in [1.807, 2.05) is 25.1 Å². The molecule has 0 aliphatic heterocycles. The molecule has 3 nitrogen and oxygen atoms in total. The molecular formula is C16H23ClIN3. The van der Waals surface area contributed by atoms with E-state index in [1.165, 1.54) is 12.0 Å². The van der Waals surface area contributed by atoms with E-state index in [0.717, 1.165) is 23.4 Å². The third-order valence-corrected chi connectivity index (χ3v) is 4.21. The normalized spacial score (nSPS) is 16.6. The summed E-state index contributed by atoms with van der Waals surface area (Å²) in [7, 11) is 0. The quantitative estimate of drug-likeness (QED) is 0.329. The summed E-state index contributed by atoms with van der Waals surface area (Å²) in [6.07, 6.45) is 3.46. The second kappa shape index (κ2) is 8.03. The number of nitrogens with two attached hydrogens (primary N) is 1. The lowest BCUT2D eigenvalue weighted by atomic mass is 9.64. The molecule has 0 spiro atoms. The van der Waals surface area contributed by atoms with Crippen molar-refractivity contribution < 1.29 is 0 Å². The van der Waals surface area contributed by atoms with Crippen molar-refractivity contribution in [3.63, 3.8) is 0 Å². The molecule has 1 saturated carbocycles. The first-order valence-corrected chi connectivity index (χ1v) is 7.34. The fourth-order valence-corrected chi connectivity index (χ4v) is 2.88. The average molecular weight is 420 g/mol. The SMILES string of the molecule is C=C(C)CNC(N)=NCC1(c2ccccc2Cl)CCC1.I. The van der Waals surface area contributed by atoms with Crippen molar-refractivity contribution in [1.29, 1.82) is 0 Å². The standard InChI is InChI=1S/C16H22ClN3.HI/c1-12(2)10-19-15(18)20-11-16(8-5-9-16)13-6-3-4-7-14(13)17;/h3-4,6-7H,1,5,8-11H2,2H3,(H3,18,19,20);1H. The molecule has 116 valence electrons. The zero-order valence-corrected chi connectivity index (χ0v) is 15.4. The van der Waals surface area contributed by atoms with Crippen LogP contribution in [0, 0.1) is 0 Å². The first-order valence-electron chi connectivity index (χ1n) is 6.97. The van der Waals surface area contributed by atoms with Crippen LogP contribution in [-0.4, -0.2) is 19.0 Å². The van der Waals surface area contributed by atoms with Crippen LogP contribution in [0.4, 0.5) is 0 Å². The topological polar surface area (TPSA) is 50.4 Å². The molecule has 1 aromatic rings. The molecule has 21 heavy (non-hydrogen) atoms. The van der Waals surface area contributed by atoms with Gasteiger partial charge >= 0.3 is 0 Å². The summed E-state index contributed by atoms with van der Waals surface area (Å²) in [5, 5.41) is 3.89. The number of guanidine groups is 1. The van der Waals surface area contributed by atoms with E-state index in [4.69, 9.17) is 17.3 Å². The smallest absolute Gasteiger partial charge is 0.188 e. The van der Waals surface area contributed by atoms with E-state index in [1.54, 1.807) is 0 Å². The van der Waals surface area contributed by atoms with Crippen LogP contribution >= 0.6 is 35.6 Å². The lowest BCUT2D eigenvalue weighted by molar-refractivity contribution is 0.254. The van der Waals surface area contributed by atoms with Crippen LogP contribution < -0.4 is 11.1 Å². The van der Waals surface area contributed by atoms with Gasteiger partial charge in [0.25, 0.3) is 0 Å². The Kier molecular flexibility index (Phi) is 7.00. The molecule has 1 aromatic carbocycles. The average Bonchev–Trinajstić information content (AvgIpc) is 2.37. The summed E-state index contributed by atoms with van der Waals surface area (Å²) >= 11 is 6.33. The number of nitrogens with zero attached hydrogens (tertiary/aromatic N) is 1. The van der Waals surface area contributed by atoms with Crippen LogP contribution in [0.3, 0.4) is 0 Å². The highest BCUT2D eigenvalue weighted by Gasteiger charge is 2.39. The molecule has 0 heterocycles. The Morgan fingerprint density at radius 2 is 2.10 bits per heavy atom. The van der Waals surface area contributed by atoms with E-state index in [9.17, 15) is 0 Å². The Hall–Kier alpha value is -0.750. The predicted octanol–water partition coefficient (Wildman–Crippen LogP) is 3.86. The summed E-state index contributed by atoms with van der Waals surface area (Å²) in [4.78, 5) is 4.49. The summed E-state index contributed by atoms with van der Waals surface area (Å²) in [5.41, 5.74) is 8.19. The van der Waals surface area contributed by atoms with Crippen molar-refractivity contribution >= 4 is 41.5 Å². The lowest BCUT2D eigenvalue weighted by Crippen LogP contribution is -2.40. The van der Waals surface area contributed by atoms with Crippen LogP contribution in [0.25, 0.3) is 0 Å². The summed E-state index contributed by atoms with van der Waals surface area (Å²) < 4.78 is 0. The monoisotopic (exact) mass is 419 g/mol. The molecule has 0 atom stereocenters. The van der Waals surface area contributed by atoms with Gasteiger partial charge in [-0.2, -0.15) is 0 Å². The molecule has 0 saturated heterocycles. The molecule has 1 aliphatic rings. The van der Waals surface area contributed by atoms with Gasteiger partial charge in [0.2, 0.25) is 0 Å². The van der Waals surface area contributed by atoms with E-state index >= 15 is 0 Å². The predicted molar refractivity (Wildman–Crippen MR) is 102 cm³/mol. The number of halogens is 2. The molecule has 3 N–H and O–H groups in total. The number of rotatable bonds is 5. The van der Waals surface area contributed by atoms with Gasteiger partial charge in [-0.1, -0.05) is 48.4 Å². The Morgan fingerprint density at radius 1 is 1.43 bits per heavy atom. The molecule has 0 radical (unpaired) electrons. The molecular weight excluding hydrogens is 397 g/mol. The highest BCUT2D eigenvalue weighted by Crippen LogP contribution is 2.46. The van der Waals surface area contributed by atoms with Gasteiger partial charge in [-0.05, 0) is 31.4 Å². The molecule has 0 unspecified atom stereocenters. The zero-order chi connectivity index (χ0) is 14.6. The fourth-order valence-electron chi connectivity index (χ4n) is 2.54. The number of aliphatic imine (C=N–C) groups is 1. The minimum atomic E-state index is 0. The summed E-state index contributed by atoms with van der Waals surface area (Å²) in [6.45, 7) is 7.14.